The summed E-state index contributed by atoms with van der Waals surface area (Å²) in [7, 11) is 0. The normalized spacial score (nSPS) is 9.86. The predicted octanol–water partition coefficient (Wildman–Crippen LogP) is 3.82. The Labute approximate surface area is 134 Å². The van der Waals surface area contributed by atoms with Crippen LogP contribution in [0.1, 0.15) is 18.1 Å². The van der Waals surface area contributed by atoms with Gasteiger partial charge in [-0.2, -0.15) is 5.26 Å². The van der Waals surface area contributed by atoms with E-state index in [9.17, 15) is 4.79 Å². The fourth-order valence-corrected chi connectivity index (χ4v) is 2.26. The van der Waals surface area contributed by atoms with Gasteiger partial charge in [0.25, 0.3) is 0 Å². The molecule has 4 nitrogen and oxygen atoms in total. The van der Waals surface area contributed by atoms with Crippen LogP contribution in [0, 0.1) is 11.3 Å². The average molecular weight is 314 g/mol. The molecule has 1 amide bonds. The number of carbonyl (C=O) groups is 1. The summed E-state index contributed by atoms with van der Waals surface area (Å²) >= 11 is 5.89. The number of amides is 1. The zero-order valence-corrected chi connectivity index (χ0v) is 12.9. The van der Waals surface area contributed by atoms with E-state index >= 15 is 0 Å². The molecule has 0 atom stereocenters. The highest BCUT2D eigenvalue weighted by molar-refractivity contribution is 6.31. The number of para-hydroxylation sites is 1. The van der Waals surface area contributed by atoms with Crippen LogP contribution in [0.4, 0.5) is 11.4 Å². The maximum absolute atomic E-state index is 12.0. The van der Waals surface area contributed by atoms with Crippen molar-refractivity contribution in [2.45, 2.75) is 13.3 Å². The van der Waals surface area contributed by atoms with E-state index < -0.39 is 0 Å². The summed E-state index contributed by atoms with van der Waals surface area (Å²) in [6, 6.07) is 14.6. The first-order chi connectivity index (χ1) is 10.6. The third-order valence-electron chi connectivity index (χ3n) is 3.21. The first-order valence-electron chi connectivity index (χ1n) is 6.95. The SMILES string of the molecule is CCc1ccccc1NCC(=O)Nc1cc(Cl)ccc1C#N. The lowest BCUT2D eigenvalue weighted by atomic mass is 10.1. The van der Waals surface area contributed by atoms with E-state index in [1.165, 1.54) is 0 Å². The van der Waals surface area contributed by atoms with Crippen molar-refractivity contribution >= 4 is 28.9 Å². The number of nitriles is 1. The minimum atomic E-state index is -0.232. The molecule has 112 valence electrons. The number of nitrogens with one attached hydrogen (secondary N) is 2. The summed E-state index contributed by atoms with van der Waals surface area (Å²) < 4.78 is 0. The topological polar surface area (TPSA) is 64.9 Å². The Bertz CT molecular complexity index is 722. The quantitative estimate of drug-likeness (QED) is 0.881. The summed E-state index contributed by atoms with van der Waals surface area (Å²) in [6.07, 6.45) is 0.887. The van der Waals surface area contributed by atoms with Crippen molar-refractivity contribution in [1.29, 1.82) is 5.26 Å². The van der Waals surface area contributed by atoms with E-state index in [-0.39, 0.29) is 12.5 Å². The Balaban J connectivity index is 2.02. The van der Waals surface area contributed by atoms with Gasteiger partial charge in [0, 0.05) is 10.7 Å². The van der Waals surface area contributed by atoms with Gasteiger partial charge in [-0.1, -0.05) is 36.7 Å². The number of nitrogens with zero attached hydrogens (tertiary/aromatic N) is 1. The van der Waals surface area contributed by atoms with Gasteiger partial charge in [0.15, 0.2) is 0 Å². The summed E-state index contributed by atoms with van der Waals surface area (Å²) in [5.74, 6) is -0.232. The summed E-state index contributed by atoms with van der Waals surface area (Å²) in [5.41, 5.74) is 2.89. The highest BCUT2D eigenvalue weighted by Crippen LogP contribution is 2.20. The van der Waals surface area contributed by atoms with Crippen molar-refractivity contribution in [3.8, 4) is 6.07 Å². The van der Waals surface area contributed by atoms with Gasteiger partial charge in [-0.15, -0.1) is 0 Å². The molecular formula is C17H16ClN3O. The largest absolute Gasteiger partial charge is 0.376 e. The van der Waals surface area contributed by atoms with Gasteiger partial charge in [-0.25, -0.2) is 0 Å². The molecule has 0 saturated heterocycles. The van der Waals surface area contributed by atoms with Gasteiger partial charge in [-0.05, 0) is 36.2 Å². The maximum Gasteiger partial charge on any atom is 0.243 e. The molecule has 2 aromatic rings. The third-order valence-corrected chi connectivity index (χ3v) is 3.45. The lowest BCUT2D eigenvalue weighted by Gasteiger charge is -2.11. The van der Waals surface area contributed by atoms with E-state index in [0.717, 1.165) is 17.7 Å². The second-order valence-electron chi connectivity index (χ2n) is 4.71. The molecule has 22 heavy (non-hydrogen) atoms. The molecule has 0 heterocycles. The van der Waals surface area contributed by atoms with Crippen molar-refractivity contribution in [3.05, 3.63) is 58.6 Å². The molecule has 0 spiro atoms. The fourth-order valence-electron chi connectivity index (χ4n) is 2.09. The lowest BCUT2D eigenvalue weighted by Crippen LogP contribution is -2.22. The van der Waals surface area contributed by atoms with E-state index in [0.29, 0.717) is 16.3 Å². The molecule has 5 heteroatoms. The molecular weight excluding hydrogens is 298 g/mol. The Hall–Kier alpha value is -2.51. The van der Waals surface area contributed by atoms with E-state index in [2.05, 4.69) is 17.6 Å². The van der Waals surface area contributed by atoms with Crippen LogP contribution in [0.5, 0.6) is 0 Å². The first kappa shape index (κ1) is 15.9. The van der Waals surface area contributed by atoms with E-state index in [4.69, 9.17) is 16.9 Å². The van der Waals surface area contributed by atoms with Crippen LogP contribution < -0.4 is 10.6 Å². The minimum absolute atomic E-state index is 0.119. The summed E-state index contributed by atoms with van der Waals surface area (Å²) in [6.45, 7) is 2.18. The maximum atomic E-state index is 12.0. The van der Waals surface area contributed by atoms with Crippen LogP contribution in [0.25, 0.3) is 0 Å². The Morgan fingerprint density at radius 2 is 2.00 bits per heavy atom. The molecule has 2 rings (SSSR count). The van der Waals surface area contributed by atoms with Crippen LogP contribution in [-0.2, 0) is 11.2 Å². The van der Waals surface area contributed by atoms with Crippen molar-refractivity contribution in [3.63, 3.8) is 0 Å². The molecule has 2 aromatic carbocycles. The van der Waals surface area contributed by atoms with Gasteiger partial charge in [0.05, 0.1) is 17.8 Å². The number of carbonyl (C=O) groups excluding carboxylic acids is 1. The molecule has 0 saturated carbocycles. The predicted molar refractivity (Wildman–Crippen MR) is 89.1 cm³/mol. The van der Waals surface area contributed by atoms with Crippen molar-refractivity contribution < 1.29 is 4.79 Å². The number of anilines is 2. The van der Waals surface area contributed by atoms with E-state index in [1.54, 1.807) is 18.2 Å². The van der Waals surface area contributed by atoms with Gasteiger partial charge in [-0.3, -0.25) is 4.79 Å². The minimum Gasteiger partial charge on any atom is -0.376 e. The highest BCUT2D eigenvalue weighted by Gasteiger charge is 2.08. The van der Waals surface area contributed by atoms with E-state index in [1.807, 2.05) is 30.3 Å². The number of halogens is 1. The van der Waals surface area contributed by atoms with Gasteiger partial charge in [0.2, 0.25) is 5.91 Å². The second-order valence-corrected chi connectivity index (χ2v) is 5.15. The summed E-state index contributed by atoms with van der Waals surface area (Å²) in [4.78, 5) is 12.0. The second kappa shape index (κ2) is 7.48. The van der Waals surface area contributed by atoms with Crippen LogP contribution >= 0.6 is 11.6 Å². The molecule has 2 N–H and O–H groups in total. The van der Waals surface area contributed by atoms with Gasteiger partial charge >= 0.3 is 0 Å². The van der Waals surface area contributed by atoms with Gasteiger partial charge < -0.3 is 10.6 Å². The molecule has 0 unspecified atom stereocenters. The fraction of sp³-hybridized carbons (Fsp3) is 0.176. The van der Waals surface area contributed by atoms with Crippen LogP contribution in [-0.4, -0.2) is 12.5 Å². The van der Waals surface area contributed by atoms with Crippen LogP contribution in [0.15, 0.2) is 42.5 Å². The zero-order valence-electron chi connectivity index (χ0n) is 12.2. The number of aryl methyl sites for hydroxylation is 1. The summed E-state index contributed by atoms with van der Waals surface area (Å²) in [5, 5.41) is 15.3. The Morgan fingerprint density at radius 3 is 2.73 bits per heavy atom. The monoisotopic (exact) mass is 313 g/mol. The molecule has 0 bridgehead atoms. The number of hydrogen-bond donors (Lipinski definition) is 2. The number of rotatable bonds is 5. The number of benzene rings is 2. The molecule has 0 aliphatic carbocycles. The highest BCUT2D eigenvalue weighted by atomic mass is 35.5. The standard InChI is InChI=1S/C17H16ClN3O/c1-2-12-5-3-4-6-15(12)20-11-17(22)21-16-9-14(18)8-7-13(16)10-19/h3-9,20H,2,11H2,1H3,(H,21,22). The molecule has 0 radical (unpaired) electrons. The Kier molecular flexibility index (Phi) is 5.40. The molecule has 0 aromatic heterocycles. The van der Waals surface area contributed by atoms with Crippen molar-refractivity contribution in [2.24, 2.45) is 0 Å². The number of hydrogen-bond acceptors (Lipinski definition) is 3. The molecule has 0 fully saturated rings. The van der Waals surface area contributed by atoms with Crippen molar-refractivity contribution in [2.75, 3.05) is 17.2 Å². The van der Waals surface area contributed by atoms with Gasteiger partial charge in [0.1, 0.15) is 6.07 Å². The first-order valence-corrected chi connectivity index (χ1v) is 7.33. The molecule has 0 aliphatic heterocycles. The third kappa shape index (κ3) is 4.00. The lowest BCUT2D eigenvalue weighted by molar-refractivity contribution is -0.114. The van der Waals surface area contributed by atoms with Crippen molar-refractivity contribution in [1.82, 2.24) is 0 Å². The molecule has 0 aliphatic rings. The average Bonchev–Trinajstić information content (AvgIpc) is 2.53. The van der Waals surface area contributed by atoms with Crippen LogP contribution in [0.3, 0.4) is 0 Å². The zero-order chi connectivity index (χ0) is 15.9. The Morgan fingerprint density at radius 1 is 1.23 bits per heavy atom. The van der Waals surface area contributed by atoms with Crippen LogP contribution in [0.2, 0.25) is 5.02 Å². The smallest absolute Gasteiger partial charge is 0.243 e.